The van der Waals surface area contributed by atoms with E-state index >= 15 is 0 Å². The molecule has 1 aromatic rings. The molecular formula is C8H6O3S. The van der Waals surface area contributed by atoms with Crippen LogP contribution in [0.1, 0.15) is 5.56 Å². The lowest BCUT2D eigenvalue weighted by atomic mass is 10.2. The van der Waals surface area contributed by atoms with Crippen LogP contribution in [0, 0.1) is 0 Å². The van der Waals surface area contributed by atoms with Crippen molar-refractivity contribution in [3.63, 3.8) is 0 Å². The molecule has 0 N–H and O–H groups in total. The Hall–Kier alpha value is -1.29. The molecule has 4 heteroatoms. The van der Waals surface area contributed by atoms with E-state index in [2.05, 4.69) is 0 Å². The Balaban J connectivity index is 2.73. The highest BCUT2D eigenvalue weighted by Crippen LogP contribution is 2.23. The fraction of sp³-hybridized carbons (Fsp3) is 0.125. The first-order chi connectivity index (χ1) is 5.79. The maximum atomic E-state index is 10.6. The number of para-hydroxylation sites is 1. The third kappa shape index (κ3) is 1.00. The Morgan fingerprint density at radius 1 is 1.25 bits per heavy atom. The zero-order chi connectivity index (χ0) is 8.55. The van der Waals surface area contributed by atoms with Crippen LogP contribution in [0.4, 0.5) is 0 Å². The molecule has 1 aliphatic rings. The van der Waals surface area contributed by atoms with Crippen molar-refractivity contribution in [2.24, 2.45) is 0 Å². The largest absolute Gasteiger partial charge is 0.487 e. The highest BCUT2D eigenvalue weighted by atomic mass is 32.2. The molecular weight excluding hydrogens is 176 g/mol. The molecule has 0 spiro atoms. The van der Waals surface area contributed by atoms with Gasteiger partial charge in [0.15, 0.2) is 0 Å². The summed E-state index contributed by atoms with van der Waals surface area (Å²) in [6.07, 6.45) is 0. The highest BCUT2D eigenvalue weighted by Gasteiger charge is 2.19. The van der Waals surface area contributed by atoms with Gasteiger partial charge >= 0.3 is 0 Å². The summed E-state index contributed by atoms with van der Waals surface area (Å²) in [5, 5.41) is 0. The average Bonchev–Trinajstić information content (AvgIpc) is 2.47. The van der Waals surface area contributed by atoms with Crippen LogP contribution in [0.5, 0.6) is 5.75 Å². The molecule has 1 aromatic carbocycles. The lowest BCUT2D eigenvalue weighted by Crippen LogP contribution is -2.02. The summed E-state index contributed by atoms with van der Waals surface area (Å²) >= 11 is 0. The summed E-state index contributed by atoms with van der Waals surface area (Å²) in [5.41, 5.74) is 0.686. The van der Waals surface area contributed by atoms with Crippen LogP contribution in [0.25, 0.3) is 0 Å². The summed E-state index contributed by atoms with van der Waals surface area (Å²) in [6.45, 7) is 0.162. The molecule has 0 aromatic heterocycles. The van der Waals surface area contributed by atoms with E-state index in [4.69, 9.17) is 4.74 Å². The van der Waals surface area contributed by atoms with Crippen LogP contribution in [0.15, 0.2) is 24.3 Å². The normalized spacial score (nSPS) is 13.8. The van der Waals surface area contributed by atoms with Crippen molar-refractivity contribution in [1.82, 2.24) is 0 Å². The van der Waals surface area contributed by atoms with E-state index < -0.39 is 10.3 Å². The van der Waals surface area contributed by atoms with Gasteiger partial charge in [-0.3, -0.25) is 0 Å². The van der Waals surface area contributed by atoms with Crippen molar-refractivity contribution in [2.45, 2.75) is 0 Å². The third-order valence-corrected chi connectivity index (χ3v) is 2.49. The molecule has 0 amide bonds. The Morgan fingerprint density at radius 3 is 2.75 bits per heavy atom. The predicted octanol–water partition coefficient (Wildman–Crippen LogP) is 0.479. The number of fused-ring (bicyclic) bond motifs is 1. The second-order valence-electron chi connectivity index (χ2n) is 2.44. The van der Waals surface area contributed by atoms with Crippen molar-refractivity contribution in [2.75, 3.05) is 6.61 Å². The first kappa shape index (κ1) is 7.36. The topological polar surface area (TPSA) is 43.4 Å². The molecule has 0 atom stereocenters. The minimum absolute atomic E-state index is 0.162. The molecule has 0 bridgehead atoms. The molecule has 0 aliphatic carbocycles. The van der Waals surface area contributed by atoms with E-state index in [-0.39, 0.29) is 6.61 Å². The lowest BCUT2D eigenvalue weighted by molar-refractivity contribution is 0.394. The van der Waals surface area contributed by atoms with Crippen LogP contribution in [-0.2, 0) is 10.3 Å². The molecule has 0 radical (unpaired) electrons. The first-order valence-corrected chi connectivity index (χ1v) is 4.54. The van der Waals surface area contributed by atoms with Crippen LogP contribution in [0.2, 0.25) is 0 Å². The molecule has 1 aliphatic heterocycles. The van der Waals surface area contributed by atoms with Gasteiger partial charge < -0.3 is 4.74 Å². The summed E-state index contributed by atoms with van der Waals surface area (Å²) in [6, 6.07) is 7.11. The maximum absolute atomic E-state index is 10.6. The number of hydrogen-bond donors (Lipinski definition) is 0. The number of ether oxygens (including phenoxy) is 1. The molecule has 3 nitrogen and oxygen atoms in total. The van der Waals surface area contributed by atoms with Crippen LogP contribution in [0.3, 0.4) is 0 Å². The number of benzene rings is 1. The molecule has 0 unspecified atom stereocenters. The van der Waals surface area contributed by atoms with E-state index in [1.165, 1.54) is 0 Å². The highest BCUT2D eigenvalue weighted by molar-refractivity contribution is 7.73. The van der Waals surface area contributed by atoms with Gasteiger partial charge in [-0.2, -0.15) is 8.42 Å². The number of hydrogen-bond acceptors (Lipinski definition) is 3. The van der Waals surface area contributed by atoms with Gasteiger partial charge in [0.1, 0.15) is 17.2 Å². The van der Waals surface area contributed by atoms with Crippen LogP contribution in [-0.4, -0.2) is 19.9 Å². The van der Waals surface area contributed by atoms with Crippen molar-refractivity contribution >= 4 is 15.2 Å². The zero-order valence-electron chi connectivity index (χ0n) is 6.15. The van der Waals surface area contributed by atoms with E-state index in [9.17, 15) is 8.42 Å². The summed E-state index contributed by atoms with van der Waals surface area (Å²) in [5.74, 6) is 0.650. The van der Waals surface area contributed by atoms with Gasteiger partial charge in [0.05, 0.1) is 0 Å². The van der Waals surface area contributed by atoms with Gasteiger partial charge in [-0.1, -0.05) is 12.1 Å². The van der Waals surface area contributed by atoms with Gasteiger partial charge in [0.25, 0.3) is 0 Å². The predicted molar refractivity (Wildman–Crippen MR) is 45.0 cm³/mol. The second-order valence-corrected chi connectivity index (χ2v) is 3.40. The Bertz CT molecular complexity index is 437. The van der Waals surface area contributed by atoms with E-state index in [1.807, 2.05) is 6.07 Å². The van der Waals surface area contributed by atoms with Crippen molar-refractivity contribution < 1.29 is 13.2 Å². The van der Waals surface area contributed by atoms with Gasteiger partial charge in [-0.25, -0.2) is 0 Å². The molecule has 1 heterocycles. The molecule has 0 saturated carbocycles. The SMILES string of the molecule is O=S(=O)=C1COc2ccccc21. The minimum atomic E-state index is -2.16. The zero-order valence-corrected chi connectivity index (χ0v) is 6.97. The maximum Gasteiger partial charge on any atom is 0.221 e. The van der Waals surface area contributed by atoms with E-state index in [1.54, 1.807) is 18.2 Å². The summed E-state index contributed by atoms with van der Waals surface area (Å²) in [4.78, 5) is 0.339. The van der Waals surface area contributed by atoms with Gasteiger partial charge in [0.2, 0.25) is 10.3 Å². The van der Waals surface area contributed by atoms with Crippen LogP contribution < -0.4 is 4.74 Å². The molecule has 2 rings (SSSR count). The van der Waals surface area contributed by atoms with Crippen molar-refractivity contribution in [1.29, 1.82) is 0 Å². The van der Waals surface area contributed by atoms with Gasteiger partial charge in [-0.15, -0.1) is 0 Å². The first-order valence-electron chi connectivity index (χ1n) is 3.46. The molecule has 62 valence electrons. The van der Waals surface area contributed by atoms with Crippen molar-refractivity contribution in [3.8, 4) is 5.75 Å². The monoisotopic (exact) mass is 182 g/mol. The summed E-state index contributed by atoms with van der Waals surface area (Å²) in [7, 11) is -2.16. The molecule has 0 fully saturated rings. The van der Waals surface area contributed by atoms with Crippen molar-refractivity contribution in [3.05, 3.63) is 29.8 Å². The minimum Gasteiger partial charge on any atom is -0.487 e. The van der Waals surface area contributed by atoms with E-state index in [0.717, 1.165) is 0 Å². The van der Waals surface area contributed by atoms with Gasteiger partial charge in [-0.05, 0) is 12.1 Å². The smallest absolute Gasteiger partial charge is 0.221 e. The fourth-order valence-electron chi connectivity index (χ4n) is 1.18. The van der Waals surface area contributed by atoms with Gasteiger partial charge in [0, 0.05) is 5.56 Å². The second kappa shape index (κ2) is 2.64. The Morgan fingerprint density at radius 2 is 2.00 bits per heavy atom. The summed E-state index contributed by atoms with van der Waals surface area (Å²) < 4.78 is 26.4. The Labute approximate surface area is 71.1 Å². The lowest BCUT2D eigenvalue weighted by Gasteiger charge is -1.92. The van der Waals surface area contributed by atoms with E-state index in [0.29, 0.717) is 16.2 Å². The molecule has 0 saturated heterocycles. The molecule has 12 heavy (non-hydrogen) atoms. The van der Waals surface area contributed by atoms with Crippen LogP contribution >= 0.6 is 0 Å². The average molecular weight is 182 g/mol. The number of rotatable bonds is 0. The standard InChI is InChI=1S/C8H6O3S/c9-12(10)8-5-11-7-4-2-1-3-6(7)8/h1-4H,5H2. The quantitative estimate of drug-likeness (QED) is 0.548. The fourth-order valence-corrected chi connectivity index (χ4v) is 1.69. The Kier molecular flexibility index (Phi) is 1.62. The third-order valence-electron chi connectivity index (χ3n) is 1.75.